The Morgan fingerprint density at radius 3 is 3.00 bits per heavy atom. The molecule has 2 heterocycles. The highest BCUT2D eigenvalue weighted by atomic mass is 32.1. The van der Waals surface area contributed by atoms with Crippen molar-refractivity contribution in [2.24, 2.45) is 5.92 Å². The maximum Gasteiger partial charge on any atom is 0.417 e. The van der Waals surface area contributed by atoms with Crippen LogP contribution in [-0.2, 0) is 4.79 Å². The molecular weight excluding hydrogens is 290 g/mol. The standard InChI is InChI=1S/C14H13N3O3S/c1-7(2)12(18)17-13-15-10(6-21-13)8-3-4-11-9(5-8)16-14(19)20-11/h3-7H,1-2H3,(H,16,19)(H,15,17,18). The molecular formula is C14H13N3O3S. The fourth-order valence-corrected chi connectivity index (χ4v) is 2.55. The van der Waals surface area contributed by atoms with Crippen molar-refractivity contribution in [1.82, 2.24) is 9.97 Å². The second-order valence-electron chi connectivity index (χ2n) is 4.91. The first-order chi connectivity index (χ1) is 10.0. The molecule has 6 nitrogen and oxygen atoms in total. The Balaban J connectivity index is 1.90. The number of H-pyrrole nitrogens is 1. The molecule has 1 aromatic carbocycles. The smallest absolute Gasteiger partial charge is 0.408 e. The summed E-state index contributed by atoms with van der Waals surface area (Å²) >= 11 is 1.36. The number of benzene rings is 1. The summed E-state index contributed by atoms with van der Waals surface area (Å²) < 4.78 is 4.96. The van der Waals surface area contributed by atoms with Gasteiger partial charge in [0.15, 0.2) is 10.7 Å². The number of hydrogen-bond acceptors (Lipinski definition) is 5. The molecule has 2 N–H and O–H groups in total. The van der Waals surface area contributed by atoms with Gasteiger partial charge in [0.05, 0.1) is 11.2 Å². The number of nitrogens with one attached hydrogen (secondary N) is 2. The van der Waals surface area contributed by atoms with Crippen LogP contribution in [0.4, 0.5) is 5.13 Å². The SMILES string of the molecule is CC(C)C(=O)Nc1nc(-c2ccc3oc(=O)[nH]c3c2)cs1. The van der Waals surface area contributed by atoms with E-state index in [2.05, 4.69) is 15.3 Å². The molecule has 3 aromatic rings. The summed E-state index contributed by atoms with van der Waals surface area (Å²) in [5.74, 6) is -0.638. The molecule has 108 valence electrons. The van der Waals surface area contributed by atoms with Crippen molar-refractivity contribution in [3.05, 3.63) is 34.1 Å². The number of carbonyl (C=O) groups excluding carboxylic acids is 1. The van der Waals surface area contributed by atoms with Crippen molar-refractivity contribution >= 4 is 33.5 Å². The monoisotopic (exact) mass is 303 g/mol. The summed E-state index contributed by atoms with van der Waals surface area (Å²) in [6.45, 7) is 3.65. The lowest BCUT2D eigenvalue weighted by Crippen LogP contribution is -2.17. The lowest BCUT2D eigenvalue weighted by atomic mass is 10.1. The summed E-state index contributed by atoms with van der Waals surface area (Å²) in [7, 11) is 0. The molecule has 0 bridgehead atoms. The summed E-state index contributed by atoms with van der Waals surface area (Å²) in [4.78, 5) is 29.8. The van der Waals surface area contributed by atoms with Crippen LogP contribution in [0.2, 0.25) is 0 Å². The van der Waals surface area contributed by atoms with Gasteiger partial charge in [-0.1, -0.05) is 13.8 Å². The molecule has 0 saturated carbocycles. The van der Waals surface area contributed by atoms with Crippen LogP contribution < -0.4 is 11.1 Å². The predicted octanol–water partition coefficient (Wildman–Crippen LogP) is 2.84. The maximum atomic E-state index is 11.6. The Bertz CT molecular complexity index is 860. The van der Waals surface area contributed by atoms with Gasteiger partial charge in [0.25, 0.3) is 0 Å². The van der Waals surface area contributed by atoms with E-state index in [1.165, 1.54) is 11.3 Å². The van der Waals surface area contributed by atoms with Gasteiger partial charge in [-0.25, -0.2) is 9.78 Å². The number of carbonyl (C=O) groups is 1. The molecule has 2 aromatic heterocycles. The van der Waals surface area contributed by atoms with E-state index in [-0.39, 0.29) is 11.8 Å². The van der Waals surface area contributed by atoms with Crippen LogP contribution in [0.25, 0.3) is 22.4 Å². The Morgan fingerprint density at radius 2 is 2.24 bits per heavy atom. The highest BCUT2D eigenvalue weighted by Crippen LogP contribution is 2.27. The normalized spacial score (nSPS) is 11.2. The average molecular weight is 303 g/mol. The molecule has 0 unspecified atom stereocenters. The van der Waals surface area contributed by atoms with Gasteiger partial charge in [0.2, 0.25) is 5.91 Å². The third kappa shape index (κ3) is 2.73. The highest BCUT2D eigenvalue weighted by molar-refractivity contribution is 7.14. The van der Waals surface area contributed by atoms with Crippen LogP contribution in [0.3, 0.4) is 0 Å². The lowest BCUT2D eigenvalue weighted by Gasteiger charge is -2.03. The zero-order valence-electron chi connectivity index (χ0n) is 11.5. The van der Waals surface area contributed by atoms with Gasteiger partial charge >= 0.3 is 5.76 Å². The van der Waals surface area contributed by atoms with Crippen molar-refractivity contribution in [2.45, 2.75) is 13.8 Å². The van der Waals surface area contributed by atoms with Crippen molar-refractivity contribution in [2.75, 3.05) is 5.32 Å². The molecule has 21 heavy (non-hydrogen) atoms. The van der Waals surface area contributed by atoms with E-state index < -0.39 is 5.76 Å². The van der Waals surface area contributed by atoms with Crippen LogP contribution in [-0.4, -0.2) is 15.9 Å². The minimum Gasteiger partial charge on any atom is -0.408 e. The van der Waals surface area contributed by atoms with Crippen LogP contribution in [0.15, 0.2) is 32.8 Å². The van der Waals surface area contributed by atoms with Crippen molar-refractivity contribution in [3.63, 3.8) is 0 Å². The third-order valence-corrected chi connectivity index (χ3v) is 3.73. The van der Waals surface area contributed by atoms with E-state index >= 15 is 0 Å². The van der Waals surface area contributed by atoms with Crippen LogP contribution in [0.1, 0.15) is 13.8 Å². The fourth-order valence-electron chi connectivity index (χ4n) is 1.82. The molecule has 0 aliphatic rings. The number of oxazole rings is 1. The predicted molar refractivity (Wildman–Crippen MR) is 81.4 cm³/mol. The maximum absolute atomic E-state index is 11.6. The molecule has 1 amide bonds. The summed E-state index contributed by atoms with van der Waals surface area (Å²) in [5, 5.41) is 5.18. The van der Waals surface area contributed by atoms with E-state index in [4.69, 9.17) is 4.42 Å². The molecule has 0 saturated heterocycles. The Hall–Kier alpha value is -2.41. The molecule has 0 spiro atoms. The molecule has 0 radical (unpaired) electrons. The summed E-state index contributed by atoms with van der Waals surface area (Å²) in [6.07, 6.45) is 0. The number of rotatable bonds is 3. The minimum atomic E-state index is -0.481. The van der Waals surface area contributed by atoms with E-state index in [0.717, 1.165) is 11.3 Å². The van der Waals surface area contributed by atoms with Crippen LogP contribution in [0, 0.1) is 5.92 Å². The number of hydrogen-bond donors (Lipinski definition) is 2. The van der Waals surface area contributed by atoms with Crippen molar-refractivity contribution in [1.29, 1.82) is 0 Å². The zero-order chi connectivity index (χ0) is 15.0. The summed E-state index contributed by atoms with van der Waals surface area (Å²) in [5.41, 5.74) is 2.72. The number of thiazole rings is 1. The number of fused-ring (bicyclic) bond motifs is 1. The molecule has 3 rings (SSSR count). The lowest BCUT2D eigenvalue weighted by molar-refractivity contribution is -0.118. The number of nitrogens with zero attached hydrogens (tertiary/aromatic N) is 1. The first-order valence-electron chi connectivity index (χ1n) is 6.42. The average Bonchev–Trinajstić information content (AvgIpc) is 3.02. The molecule has 0 aliphatic carbocycles. The number of aromatic amines is 1. The second kappa shape index (κ2) is 5.17. The van der Waals surface area contributed by atoms with Crippen LogP contribution in [0.5, 0.6) is 0 Å². The third-order valence-electron chi connectivity index (χ3n) is 2.97. The molecule has 0 fully saturated rings. The Kier molecular flexibility index (Phi) is 3.34. The number of anilines is 1. The number of aromatic nitrogens is 2. The topological polar surface area (TPSA) is 88.0 Å². The first-order valence-corrected chi connectivity index (χ1v) is 7.30. The van der Waals surface area contributed by atoms with Gasteiger partial charge in [0.1, 0.15) is 0 Å². The first kappa shape index (κ1) is 13.6. The number of amides is 1. The van der Waals surface area contributed by atoms with E-state index in [1.54, 1.807) is 12.1 Å². The summed E-state index contributed by atoms with van der Waals surface area (Å²) in [6, 6.07) is 5.33. The Labute approximate surface area is 123 Å². The van der Waals surface area contributed by atoms with Gasteiger partial charge in [0, 0.05) is 16.9 Å². The second-order valence-corrected chi connectivity index (χ2v) is 5.77. The molecule has 7 heteroatoms. The zero-order valence-corrected chi connectivity index (χ0v) is 12.3. The van der Waals surface area contributed by atoms with E-state index in [1.807, 2.05) is 25.3 Å². The van der Waals surface area contributed by atoms with Gasteiger partial charge in [-0.05, 0) is 18.2 Å². The van der Waals surface area contributed by atoms with E-state index in [0.29, 0.717) is 16.2 Å². The van der Waals surface area contributed by atoms with Crippen LogP contribution >= 0.6 is 11.3 Å². The van der Waals surface area contributed by atoms with E-state index in [9.17, 15) is 9.59 Å². The van der Waals surface area contributed by atoms with Crippen molar-refractivity contribution < 1.29 is 9.21 Å². The quantitative estimate of drug-likeness (QED) is 0.778. The van der Waals surface area contributed by atoms with Gasteiger partial charge < -0.3 is 9.73 Å². The fraction of sp³-hybridized carbons (Fsp3) is 0.214. The highest BCUT2D eigenvalue weighted by Gasteiger charge is 2.11. The largest absolute Gasteiger partial charge is 0.417 e. The minimum absolute atomic E-state index is 0.0643. The van der Waals surface area contributed by atoms with Gasteiger partial charge in [-0.15, -0.1) is 11.3 Å². The van der Waals surface area contributed by atoms with Gasteiger partial charge in [-0.3, -0.25) is 9.78 Å². The Morgan fingerprint density at radius 1 is 1.43 bits per heavy atom. The molecule has 0 atom stereocenters. The van der Waals surface area contributed by atoms with Crippen molar-refractivity contribution in [3.8, 4) is 11.3 Å². The molecule has 0 aliphatic heterocycles. The van der Waals surface area contributed by atoms with Gasteiger partial charge in [-0.2, -0.15) is 0 Å².